The predicted molar refractivity (Wildman–Crippen MR) is 70.8 cm³/mol. The zero-order valence-electron chi connectivity index (χ0n) is 11.1. The third-order valence-electron chi connectivity index (χ3n) is 2.79. The average Bonchev–Trinajstić information content (AvgIpc) is 2.79. The van der Waals surface area contributed by atoms with Crippen molar-refractivity contribution in [3.8, 4) is 5.75 Å². The highest BCUT2D eigenvalue weighted by molar-refractivity contribution is 5.84. The Morgan fingerprint density at radius 1 is 1.38 bits per heavy atom. The van der Waals surface area contributed by atoms with Gasteiger partial charge in [-0.2, -0.15) is 8.78 Å². The van der Waals surface area contributed by atoms with E-state index in [-0.39, 0.29) is 11.5 Å². The molecule has 0 amide bonds. The fraction of sp³-hybridized carbons (Fsp3) is 0.214. The number of ether oxygens (including phenoxy) is 1. The van der Waals surface area contributed by atoms with E-state index in [2.05, 4.69) is 10.1 Å². The lowest BCUT2D eigenvalue weighted by atomic mass is 10.2. The molecule has 0 aliphatic rings. The normalized spacial score (nSPS) is 10.7. The second-order valence-electron chi connectivity index (χ2n) is 4.25. The lowest BCUT2D eigenvalue weighted by molar-refractivity contribution is -0.0498. The van der Waals surface area contributed by atoms with E-state index in [0.29, 0.717) is 23.6 Å². The molecule has 1 aromatic carbocycles. The van der Waals surface area contributed by atoms with Gasteiger partial charge >= 0.3 is 12.6 Å². The number of furan rings is 1. The molecule has 0 atom stereocenters. The zero-order valence-corrected chi connectivity index (χ0v) is 11.1. The minimum absolute atomic E-state index is 0.0724. The second kappa shape index (κ2) is 6.25. The Bertz CT molecular complexity index is 622. The molecule has 1 aromatic heterocycles. The monoisotopic (exact) mass is 297 g/mol. The number of rotatable bonds is 6. The fourth-order valence-electron chi connectivity index (χ4n) is 1.75. The van der Waals surface area contributed by atoms with Gasteiger partial charge in [0.25, 0.3) is 0 Å². The summed E-state index contributed by atoms with van der Waals surface area (Å²) in [5.41, 5.74) is 1.40. The maximum absolute atomic E-state index is 12.0. The largest absolute Gasteiger partial charge is 0.475 e. The van der Waals surface area contributed by atoms with Gasteiger partial charge in [0.15, 0.2) is 0 Å². The van der Waals surface area contributed by atoms with E-state index in [1.165, 1.54) is 18.2 Å². The number of anilines is 1. The zero-order chi connectivity index (χ0) is 15.4. The number of hydrogen-bond acceptors (Lipinski definition) is 4. The molecule has 0 spiro atoms. The molecule has 5 nitrogen and oxygen atoms in total. The van der Waals surface area contributed by atoms with Gasteiger partial charge in [-0.15, -0.1) is 0 Å². The molecule has 21 heavy (non-hydrogen) atoms. The number of carbonyl (C=O) groups is 1. The van der Waals surface area contributed by atoms with Crippen molar-refractivity contribution in [3.05, 3.63) is 47.4 Å². The van der Waals surface area contributed by atoms with E-state index in [1.807, 2.05) is 0 Å². The molecule has 0 aliphatic carbocycles. The van der Waals surface area contributed by atoms with Crippen molar-refractivity contribution in [1.29, 1.82) is 0 Å². The van der Waals surface area contributed by atoms with Crippen LogP contribution in [0.25, 0.3) is 0 Å². The summed E-state index contributed by atoms with van der Waals surface area (Å²) in [5, 5.41) is 11.9. The number of alkyl halides is 2. The highest BCUT2D eigenvalue weighted by atomic mass is 19.3. The van der Waals surface area contributed by atoms with Crippen LogP contribution in [-0.2, 0) is 6.54 Å². The van der Waals surface area contributed by atoms with E-state index in [0.717, 1.165) is 0 Å². The van der Waals surface area contributed by atoms with Crippen LogP contribution >= 0.6 is 0 Å². The molecule has 2 aromatic rings. The van der Waals surface area contributed by atoms with Crippen LogP contribution in [0.3, 0.4) is 0 Å². The van der Waals surface area contributed by atoms with E-state index in [9.17, 15) is 13.6 Å². The molecule has 2 N–H and O–H groups in total. The maximum Gasteiger partial charge on any atom is 0.387 e. The van der Waals surface area contributed by atoms with Gasteiger partial charge in [0.05, 0.1) is 0 Å². The van der Waals surface area contributed by atoms with Crippen molar-refractivity contribution in [2.24, 2.45) is 0 Å². The van der Waals surface area contributed by atoms with Crippen LogP contribution < -0.4 is 10.1 Å². The summed E-state index contributed by atoms with van der Waals surface area (Å²) in [4.78, 5) is 10.8. The summed E-state index contributed by atoms with van der Waals surface area (Å²) in [6.07, 6.45) is 0. The van der Waals surface area contributed by atoms with E-state index in [4.69, 9.17) is 9.52 Å². The number of halogens is 2. The summed E-state index contributed by atoms with van der Waals surface area (Å²) >= 11 is 0. The van der Waals surface area contributed by atoms with Crippen molar-refractivity contribution in [1.82, 2.24) is 0 Å². The molecule has 112 valence electrons. The van der Waals surface area contributed by atoms with Crippen molar-refractivity contribution in [3.63, 3.8) is 0 Å². The molecule has 0 fully saturated rings. The third-order valence-corrected chi connectivity index (χ3v) is 2.79. The highest BCUT2D eigenvalue weighted by Gasteiger charge is 2.12. The molecule has 0 unspecified atom stereocenters. The average molecular weight is 297 g/mol. The Morgan fingerprint density at radius 3 is 2.57 bits per heavy atom. The number of hydrogen-bond donors (Lipinski definition) is 2. The molecule has 0 bridgehead atoms. The van der Waals surface area contributed by atoms with Gasteiger partial charge in [-0.25, -0.2) is 4.79 Å². The van der Waals surface area contributed by atoms with Gasteiger partial charge in [0.2, 0.25) is 5.76 Å². The van der Waals surface area contributed by atoms with Crippen LogP contribution in [0.1, 0.15) is 21.9 Å². The van der Waals surface area contributed by atoms with E-state index >= 15 is 0 Å². The first-order chi connectivity index (χ1) is 9.95. The molecule has 0 radical (unpaired) electrons. The second-order valence-corrected chi connectivity index (χ2v) is 4.25. The highest BCUT2D eigenvalue weighted by Crippen LogP contribution is 2.20. The van der Waals surface area contributed by atoms with Gasteiger partial charge < -0.3 is 19.6 Å². The number of carboxylic acids is 1. The van der Waals surface area contributed by atoms with Gasteiger partial charge in [-0.1, -0.05) is 0 Å². The smallest absolute Gasteiger partial charge is 0.387 e. The molecule has 0 saturated carbocycles. The van der Waals surface area contributed by atoms with Gasteiger partial charge in [-0.3, -0.25) is 0 Å². The van der Waals surface area contributed by atoms with E-state index in [1.54, 1.807) is 19.1 Å². The third kappa shape index (κ3) is 3.95. The van der Waals surface area contributed by atoms with Crippen molar-refractivity contribution in [2.75, 3.05) is 5.32 Å². The molecule has 1 heterocycles. The summed E-state index contributed by atoms with van der Waals surface area (Å²) < 4.78 is 33.3. The SMILES string of the molecule is Cc1oc(C(=O)O)cc1CNc1ccc(OC(F)F)cc1. The number of aryl methyl sites for hydroxylation is 1. The first kappa shape index (κ1) is 14.8. The summed E-state index contributed by atoms with van der Waals surface area (Å²) in [7, 11) is 0. The Balaban J connectivity index is 1.98. The van der Waals surface area contributed by atoms with Crippen LogP contribution in [0.2, 0.25) is 0 Å². The predicted octanol–water partition coefficient (Wildman–Crippen LogP) is 3.50. The maximum atomic E-state index is 12.0. The van der Waals surface area contributed by atoms with Crippen molar-refractivity contribution in [2.45, 2.75) is 20.1 Å². The number of carboxylic acid groups (broad SMARTS) is 1. The molecular weight excluding hydrogens is 284 g/mol. The van der Waals surface area contributed by atoms with Gasteiger partial charge in [-0.05, 0) is 37.3 Å². The van der Waals surface area contributed by atoms with Crippen LogP contribution in [0.15, 0.2) is 34.7 Å². The number of aromatic carboxylic acids is 1. The Morgan fingerprint density at radius 2 is 2.05 bits per heavy atom. The summed E-state index contributed by atoms with van der Waals surface area (Å²) in [6, 6.07) is 7.45. The fourth-order valence-corrected chi connectivity index (χ4v) is 1.75. The first-order valence-corrected chi connectivity index (χ1v) is 6.07. The Kier molecular flexibility index (Phi) is 4.42. The minimum atomic E-state index is -2.85. The number of nitrogens with one attached hydrogen (secondary N) is 1. The van der Waals surface area contributed by atoms with Crippen molar-refractivity contribution >= 4 is 11.7 Å². The molecule has 7 heteroatoms. The van der Waals surface area contributed by atoms with Crippen LogP contribution in [-0.4, -0.2) is 17.7 Å². The van der Waals surface area contributed by atoms with Crippen LogP contribution in [0.5, 0.6) is 5.75 Å². The van der Waals surface area contributed by atoms with Gasteiger partial charge in [0.1, 0.15) is 11.5 Å². The quantitative estimate of drug-likeness (QED) is 0.853. The van der Waals surface area contributed by atoms with Crippen LogP contribution in [0, 0.1) is 6.92 Å². The first-order valence-electron chi connectivity index (χ1n) is 6.07. The molecule has 0 saturated heterocycles. The minimum Gasteiger partial charge on any atom is -0.475 e. The summed E-state index contributed by atoms with van der Waals surface area (Å²) in [5.74, 6) is -0.663. The Hall–Kier alpha value is -2.57. The molecule has 0 aliphatic heterocycles. The molecular formula is C14H13F2NO4. The Labute approximate surface area is 119 Å². The topological polar surface area (TPSA) is 71.7 Å². The standard InChI is InChI=1S/C14H13F2NO4/c1-8-9(6-12(20-8)13(18)19)7-17-10-2-4-11(5-3-10)21-14(15)16/h2-6,14,17H,7H2,1H3,(H,18,19). The lowest BCUT2D eigenvalue weighted by Gasteiger charge is -2.07. The summed E-state index contributed by atoms with van der Waals surface area (Å²) in [6.45, 7) is -0.826. The lowest BCUT2D eigenvalue weighted by Crippen LogP contribution is -2.02. The molecule has 2 rings (SSSR count). The number of benzene rings is 1. The van der Waals surface area contributed by atoms with Crippen molar-refractivity contribution < 1.29 is 27.8 Å². The van der Waals surface area contributed by atoms with E-state index < -0.39 is 12.6 Å². The van der Waals surface area contributed by atoms with Gasteiger partial charge in [0, 0.05) is 17.8 Å². The van der Waals surface area contributed by atoms with Crippen LogP contribution in [0.4, 0.5) is 14.5 Å².